The van der Waals surface area contributed by atoms with Crippen molar-refractivity contribution >= 4 is 17.4 Å². The van der Waals surface area contributed by atoms with Crippen molar-refractivity contribution in [2.75, 3.05) is 38.1 Å². The number of likely N-dealkylation sites (tertiary alicyclic amines) is 1. The van der Waals surface area contributed by atoms with Crippen LogP contribution in [0.2, 0.25) is 5.02 Å². The Kier molecular flexibility index (Phi) is 6.24. The van der Waals surface area contributed by atoms with Gasteiger partial charge in [-0.2, -0.15) is 0 Å². The standard InChI is InChI=1S/C19H25ClN4O/c1-23(19-17(20)11-21-14-22-19)12-15-7-9-24(10-8-15)13-18(25)16-5-3-2-4-6-16/h2-6,11,14-15,18,25H,7-10,12-13H2,1H3. The second-order valence-electron chi connectivity index (χ2n) is 6.75. The Morgan fingerprint density at radius 2 is 2.00 bits per heavy atom. The fourth-order valence-electron chi connectivity index (χ4n) is 3.44. The second kappa shape index (κ2) is 8.61. The molecular formula is C19H25ClN4O. The molecule has 3 rings (SSSR count). The van der Waals surface area contributed by atoms with Gasteiger partial charge in [0.15, 0.2) is 5.82 Å². The number of nitrogens with zero attached hydrogens (tertiary/aromatic N) is 4. The number of anilines is 1. The molecule has 0 bridgehead atoms. The Hall–Kier alpha value is -1.69. The molecule has 1 saturated heterocycles. The molecule has 0 radical (unpaired) electrons. The first kappa shape index (κ1) is 18.1. The van der Waals surface area contributed by atoms with Crippen LogP contribution in [0.25, 0.3) is 0 Å². The van der Waals surface area contributed by atoms with Gasteiger partial charge in [-0.25, -0.2) is 9.97 Å². The zero-order chi connectivity index (χ0) is 17.6. The van der Waals surface area contributed by atoms with Crippen LogP contribution in [0.3, 0.4) is 0 Å². The molecule has 0 aliphatic carbocycles. The van der Waals surface area contributed by atoms with E-state index in [-0.39, 0.29) is 0 Å². The fourth-order valence-corrected chi connectivity index (χ4v) is 3.69. The number of β-amino-alcohol motifs (C(OH)–C–C–N with tert-alkyl or cyclic N) is 1. The Morgan fingerprint density at radius 1 is 1.28 bits per heavy atom. The van der Waals surface area contributed by atoms with Crippen molar-refractivity contribution < 1.29 is 5.11 Å². The maximum absolute atomic E-state index is 10.4. The molecule has 0 saturated carbocycles. The summed E-state index contributed by atoms with van der Waals surface area (Å²) in [6.07, 6.45) is 4.99. The highest BCUT2D eigenvalue weighted by atomic mass is 35.5. The molecule has 1 N–H and O–H groups in total. The first-order valence-electron chi connectivity index (χ1n) is 8.75. The molecule has 25 heavy (non-hydrogen) atoms. The number of halogens is 1. The molecule has 0 amide bonds. The van der Waals surface area contributed by atoms with Crippen molar-refractivity contribution in [2.24, 2.45) is 5.92 Å². The predicted molar refractivity (Wildman–Crippen MR) is 101 cm³/mol. The monoisotopic (exact) mass is 360 g/mol. The summed E-state index contributed by atoms with van der Waals surface area (Å²) in [5.41, 5.74) is 0.989. The number of rotatable bonds is 6. The smallest absolute Gasteiger partial charge is 0.150 e. The molecule has 1 aromatic carbocycles. The van der Waals surface area contributed by atoms with Crippen molar-refractivity contribution in [3.05, 3.63) is 53.4 Å². The van der Waals surface area contributed by atoms with Crippen LogP contribution >= 0.6 is 11.6 Å². The van der Waals surface area contributed by atoms with E-state index in [1.165, 1.54) is 6.33 Å². The summed E-state index contributed by atoms with van der Waals surface area (Å²) in [5.74, 6) is 1.40. The summed E-state index contributed by atoms with van der Waals surface area (Å²) in [6.45, 7) is 3.66. The van der Waals surface area contributed by atoms with Crippen molar-refractivity contribution in [3.63, 3.8) is 0 Å². The summed E-state index contributed by atoms with van der Waals surface area (Å²) in [7, 11) is 2.03. The number of piperidine rings is 1. The molecule has 1 aliphatic rings. The third-order valence-electron chi connectivity index (χ3n) is 4.86. The average molecular weight is 361 g/mol. The maximum Gasteiger partial charge on any atom is 0.150 e. The molecule has 1 aromatic heterocycles. The van der Waals surface area contributed by atoms with Crippen molar-refractivity contribution in [2.45, 2.75) is 18.9 Å². The Morgan fingerprint density at radius 3 is 2.68 bits per heavy atom. The average Bonchev–Trinajstić information content (AvgIpc) is 2.64. The third kappa shape index (κ3) is 4.91. The van der Waals surface area contributed by atoms with Crippen LogP contribution in [0.1, 0.15) is 24.5 Å². The van der Waals surface area contributed by atoms with Gasteiger partial charge in [0.1, 0.15) is 11.3 Å². The lowest BCUT2D eigenvalue weighted by molar-refractivity contribution is 0.0902. The number of hydrogen-bond acceptors (Lipinski definition) is 5. The van der Waals surface area contributed by atoms with E-state index in [2.05, 4.69) is 19.8 Å². The van der Waals surface area contributed by atoms with Crippen LogP contribution in [0.15, 0.2) is 42.9 Å². The van der Waals surface area contributed by atoms with Gasteiger partial charge < -0.3 is 14.9 Å². The molecule has 6 heteroatoms. The van der Waals surface area contributed by atoms with Gasteiger partial charge in [-0.3, -0.25) is 0 Å². The van der Waals surface area contributed by atoms with E-state index in [1.807, 2.05) is 37.4 Å². The van der Waals surface area contributed by atoms with Crippen LogP contribution in [0.4, 0.5) is 5.82 Å². The van der Waals surface area contributed by atoms with Crippen LogP contribution in [-0.2, 0) is 0 Å². The fraction of sp³-hybridized carbons (Fsp3) is 0.474. The zero-order valence-corrected chi connectivity index (χ0v) is 15.3. The highest BCUT2D eigenvalue weighted by Crippen LogP contribution is 2.25. The molecule has 0 spiro atoms. The lowest BCUT2D eigenvalue weighted by Crippen LogP contribution is -2.39. The molecule has 2 aromatic rings. The summed E-state index contributed by atoms with van der Waals surface area (Å²) in [5, 5.41) is 11.0. The molecule has 5 nitrogen and oxygen atoms in total. The third-order valence-corrected chi connectivity index (χ3v) is 5.13. The van der Waals surface area contributed by atoms with Gasteiger partial charge in [-0.05, 0) is 37.4 Å². The molecule has 2 heterocycles. The second-order valence-corrected chi connectivity index (χ2v) is 7.15. The Bertz CT molecular complexity index is 661. The molecule has 1 unspecified atom stereocenters. The molecule has 134 valence electrons. The summed E-state index contributed by atoms with van der Waals surface area (Å²) >= 11 is 6.17. The summed E-state index contributed by atoms with van der Waals surface area (Å²) in [4.78, 5) is 12.7. The highest BCUT2D eigenvalue weighted by Gasteiger charge is 2.23. The molecule has 1 aliphatic heterocycles. The number of benzene rings is 1. The van der Waals surface area contributed by atoms with Gasteiger partial charge >= 0.3 is 0 Å². The Balaban J connectivity index is 1.46. The van der Waals surface area contributed by atoms with E-state index in [9.17, 15) is 5.11 Å². The topological polar surface area (TPSA) is 52.5 Å². The van der Waals surface area contributed by atoms with Crippen LogP contribution < -0.4 is 4.90 Å². The molecular weight excluding hydrogens is 336 g/mol. The largest absolute Gasteiger partial charge is 0.387 e. The normalized spacial score (nSPS) is 17.4. The number of aliphatic hydroxyl groups is 1. The lowest BCUT2D eigenvalue weighted by atomic mass is 9.95. The van der Waals surface area contributed by atoms with Gasteiger partial charge in [0, 0.05) is 20.1 Å². The zero-order valence-electron chi connectivity index (χ0n) is 14.6. The van der Waals surface area contributed by atoms with Crippen LogP contribution in [-0.4, -0.2) is 53.2 Å². The Labute approximate surface area is 154 Å². The highest BCUT2D eigenvalue weighted by molar-refractivity contribution is 6.32. The number of aliphatic hydroxyl groups excluding tert-OH is 1. The number of hydrogen-bond donors (Lipinski definition) is 1. The molecule has 1 fully saturated rings. The van der Waals surface area contributed by atoms with E-state index >= 15 is 0 Å². The minimum Gasteiger partial charge on any atom is -0.387 e. The van der Waals surface area contributed by atoms with Crippen molar-refractivity contribution in [3.8, 4) is 0 Å². The van der Waals surface area contributed by atoms with Gasteiger partial charge in [0.05, 0.1) is 12.3 Å². The van der Waals surface area contributed by atoms with Gasteiger partial charge in [0.2, 0.25) is 0 Å². The van der Waals surface area contributed by atoms with E-state index in [4.69, 9.17) is 11.6 Å². The minimum atomic E-state index is -0.416. The minimum absolute atomic E-state index is 0.416. The predicted octanol–water partition coefficient (Wildman–Crippen LogP) is 3.01. The van der Waals surface area contributed by atoms with Crippen LogP contribution in [0.5, 0.6) is 0 Å². The van der Waals surface area contributed by atoms with E-state index < -0.39 is 6.10 Å². The van der Waals surface area contributed by atoms with Gasteiger partial charge in [-0.15, -0.1) is 0 Å². The quantitative estimate of drug-likeness (QED) is 0.858. The maximum atomic E-state index is 10.4. The van der Waals surface area contributed by atoms with E-state index in [0.717, 1.165) is 43.9 Å². The van der Waals surface area contributed by atoms with Gasteiger partial charge in [0.25, 0.3) is 0 Å². The summed E-state index contributed by atoms with van der Waals surface area (Å²) < 4.78 is 0. The molecule has 1 atom stereocenters. The SMILES string of the molecule is CN(CC1CCN(CC(O)c2ccccc2)CC1)c1ncncc1Cl. The first-order valence-corrected chi connectivity index (χ1v) is 9.13. The van der Waals surface area contributed by atoms with Crippen molar-refractivity contribution in [1.29, 1.82) is 0 Å². The van der Waals surface area contributed by atoms with Gasteiger partial charge in [-0.1, -0.05) is 41.9 Å². The van der Waals surface area contributed by atoms with E-state index in [0.29, 0.717) is 17.5 Å². The number of aromatic nitrogens is 2. The summed E-state index contributed by atoms with van der Waals surface area (Å²) in [6, 6.07) is 9.88. The van der Waals surface area contributed by atoms with Crippen LogP contribution in [0, 0.1) is 5.92 Å². The lowest BCUT2D eigenvalue weighted by Gasteiger charge is -2.35. The first-order chi connectivity index (χ1) is 12.1. The van der Waals surface area contributed by atoms with Crippen molar-refractivity contribution in [1.82, 2.24) is 14.9 Å². The van der Waals surface area contributed by atoms with E-state index in [1.54, 1.807) is 6.20 Å².